The number of aliphatic imine (C=N–C) groups is 1. The van der Waals surface area contributed by atoms with Crippen LogP contribution in [0.5, 0.6) is 0 Å². The molecule has 1 aromatic rings. The Morgan fingerprint density at radius 2 is 1.86 bits per heavy atom. The number of nitrogens with one attached hydrogen (secondary N) is 2. The quantitative estimate of drug-likeness (QED) is 0.324. The lowest BCUT2D eigenvalue weighted by Crippen LogP contribution is -2.41. The Balaban J connectivity index is 0.00000420. The van der Waals surface area contributed by atoms with Crippen molar-refractivity contribution in [3.05, 3.63) is 35.4 Å². The van der Waals surface area contributed by atoms with Crippen LogP contribution in [-0.2, 0) is 6.54 Å². The van der Waals surface area contributed by atoms with E-state index in [4.69, 9.17) is 5.26 Å². The SMILES string of the molecule is CCNC(=NCc1ccc(C#N)cc1)NCCC1CCN(CC(F)(F)F)CC1.I. The van der Waals surface area contributed by atoms with Gasteiger partial charge in [0.25, 0.3) is 0 Å². The van der Waals surface area contributed by atoms with Crippen LogP contribution < -0.4 is 10.6 Å². The van der Waals surface area contributed by atoms with Gasteiger partial charge in [0.2, 0.25) is 0 Å². The number of hydrogen-bond donors (Lipinski definition) is 2. The maximum Gasteiger partial charge on any atom is 0.401 e. The summed E-state index contributed by atoms with van der Waals surface area (Å²) in [6.07, 6.45) is -1.59. The van der Waals surface area contributed by atoms with Crippen molar-refractivity contribution in [3.8, 4) is 6.07 Å². The molecular formula is C20H29F3IN5. The summed E-state index contributed by atoms with van der Waals surface area (Å²) in [5, 5.41) is 15.3. The van der Waals surface area contributed by atoms with E-state index < -0.39 is 12.7 Å². The zero-order valence-electron chi connectivity index (χ0n) is 16.6. The summed E-state index contributed by atoms with van der Waals surface area (Å²) in [7, 11) is 0. The van der Waals surface area contributed by atoms with Gasteiger partial charge in [-0.1, -0.05) is 12.1 Å². The van der Waals surface area contributed by atoms with Crippen molar-refractivity contribution in [2.75, 3.05) is 32.7 Å². The molecule has 0 saturated carbocycles. The number of rotatable bonds is 7. The van der Waals surface area contributed by atoms with E-state index in [1.165, 1.54) is 4.90 Å². The Labute approximate surface area is 187 Å². The van der Waals surface area contributed by atoms with Gasteiger partial charge in [0.1, 0.15) is 0 Å². The highest BCUT2D eigenvalue weighted by molar-refractivity contribution is 14.0. The molecule has 0 unspecified atom stereocenters. The van der Waals surface area contributed by atoms with E-state index in [2.05, 4.69) is 21.7 Å². The topological polar surface area (TPSA) is 63.5 Å². The Hall–Kier alpha value is -1.54. The lowest BCUT2D eigenvalue weighted by Gasteiger charge is -2.32. The van der Waals surface area contributed by atoms with Crippen LogP contribution in [0.4, 0.5) is 13.2 Å². The van der Waals surface area contributed by atoms with Gasteiger partial charge >= 0.3 is 6.18 Å². The smallest absolute Gasteiger partial charge is 0.357 e. The van der Waals surface area contributed by atoms with Gasteiger partial charge < -0.3 is 10.6 Å². The number of alkyl halides is 3. The normalized spacial score (nSPS) is 16.0. The monoisotopic (exact) mass is 523 g/mol. The number of benzene rings is 1. The molecule has 1 aliphatic heterocycles. The minimum Gasteiger partial charge on any atom is -0.357 e. The molecule has 5 nitrogen and oxygen atoms in total. The number of guanidine groups is 1. The minimum absolute atomic E-state index is 0. The molecule has 1 aromatic carbocycles. The molecule has 0 atom stereocenters. The Morgan fingerprint density at radius 1 is 1.21 bits per heavy atom. The maximum absolute atomic E-state index is 12.4. The van der Waals surface area contributed by atoms with Gasteiger partial charge in [0.05, 0.1) is 24.7 Å². The summed E-state index contributed by atoms with van der Waals surface area (Å²) in [4.78, 5) is 6.05. The molecule has 1 heterocycles. The number of piperidine rings is 1. The van der Waals surface area contributed by atoms with Crippen molar-refractivity contribution in [3.63, 3.8) is 0 Å². The first-order valence-electron chi connectivity index (χ1n) is 9.70. The van der Waals surface area contributed by atoms with Gasteiger partial charge in [0, 0.05) is 13.1 Å². The first-order valence-corrected chi connectivity index (χ1v) is 9.70. The maximum atomic E-state index is 12.4. The molecule has 0 spiro atoms. The summed E-state index contributed by atoms with van der Waals surface area (Å²) in [6.45, 7) is 4.21. The summed E-state index contributed by atoms with van der Waals surface area (Å²) >= 11 is 0. The highest BCUT2D eigenvalue weighted by atomic mass is 127. The van der Waals surface area contributed by atoms with Crippen LogP contribution >= 0.6 is 24.0 Å². The van der Waals surface area contributed by atoms with E-state index in [-0.39, 0.29) is 24.0 Å². The number of nitrogens with zero attached hydrogens (tertiary/aromatic N) is 3. The van der Waals surface area contributed by atoms with Gasteiger partial charge in [-0.3, -0.25) is 4.90 Å². The van der Waals surface area contributed by atoms with E-state index in [9.17, 15) is 13.2 Å². The minimum atomic E-state index is -4.11. The van der Waals surface area contributed by atoms with E-state index in [1.807, 2.05) is 19.1 Å². The van der Waals surface area contributed by atoms with Crippen molar-refractivity contribution in [1.82, 2.24) is 15.5 Å². The molecule has 29 heavy (non-hydrogen) atoms. The lowest BCUT2D eigenvalue weighted by molar-refractivity contribution is -0.148. The lowest BCUT2D eigenvalue weighted by atomic mass is 9.93. The van der Waals surface area contributed by atoms with E-state index in [0.29, 0.717) is 31.1 Å². The van der Waals surface area contributed by atoms with E-state index >= 15 is 0 Å². The molecule has 0 aliphatic carbocycles. The third-order valence-corrected chi connectivity index (χ3v) is 4.80. The standard InChI is InChI=1S/C20H28F3N5.HI/c1-2-25-19(27-14-18-5-3-17(13-24)4-6-18)26-10-7-16-8-11-28(12-9-16)15-20(21,22)23;/h3-6,16H,2,7-12,14-15H2,1H3,(H2,25,26,27);1H. The summed E-state index contributed by atoms with van der Waals surface area (Å²) in [6, 6.07) is 9.42. The van der Waals surface area contributed by atoms with Crippen LogP contribution in [-0.4, -0.2) is 49.8 Å². The van der Waals surface area contributed by atoms with Crippen LogP contribution in [0.3, 0.4) is 0 Å². The second-order valence-electron chi connectivity index (χ2n) is 7.05. The van der Waals surface area contributed by atoms with E-state index in [1.54, 1.807) is 12.1 Å². The molecule has 1 fully saturated rings. The van der Waals surface area contributed by atoms with Crippen molar-refractivity contribution in [2.45, 2.75) is 38.9 Å². The zero-order chi connectivity index (χ0) is 20.4. The number of likely N-dealkylation sites (tertiary alicyclic amines) is 1. The molecule has 9 heteroatoms. The Bertz CT molecular complexity index is 662. The second kappa shape index (κ2) is 12.9. The fraction of sp³-hybridized carbons (Fsp3) is 0.600. The first kappa shape index (κ1) is 25.5. The Kier molecular flexibility index (Phi) is 11.3. The second-order valence-corrected chi connectivity index (χ2v) is 7.05. The molecule has 2 N–H and O–H groups in total. The summed E-state index contributed by atoms with van der Waals surface area (Å²) < 4.78 is 37.3. The molecule has 2 rings (SSSR count). The van der Waals surface area contributed by atoms with Gasteiger partial charge in [-0.2, -0.15) is 18.4 Å². The molecule has 162 valence electrons. The van der Waals surface area contributed by atoms with Crippen molar-refractivity contribution in [2.24, 2.45) is 10.9 Å². The van der Waals surface area contributed by atoms with Crippen molar-refractivity contribution >= 4 is 29.9 Å². The summed E-state index contributed by atoms with van der Waals surface area (Å²) in [5.41, 5.74) is 1.65. The van der Waals surface area contributed by atoms with Crippen LogP contribution in [0.15, 0.2) is 29.3 Å². The first-order chi connectivity index (χ1) is 13.4. The molecule has 1 saturated heterocycles. The average Bonchev–Trinajstić information content (AvgIpc) is 2.66. The van der Waals surface area contributed by atoms with Gasteiger partial charge in [-0.05, 0) is 62.9 Å². The van der Waals surface area contributed by atoms with Crippen LogP contribution in [0.2, 0.25) is 0 Å². The largest absolute Gasteiger partial charge is 0.401 e. The summed E-state index contributed by atoms with van der Waals surface area (Å²) in [5.74, 6) is 1.17. The third-order valence-electron chi connectivity index (χ3n) is 4.80. The molecule has 1 aliphatic rings. The Morgan fingerprint density at radius 3 is 2.41 bits per heavy atom. The predicted molar refractivity (Wildman–Crippen MR) is 119 cm³/mol. The molecule has 0 bridgehead atoms. The van der Waals surface area contributed by atoms with Crippen molar-refractivity contribution in [1.29, 1.82) is 5.26 Å². The van der Waals surface area contributed by atoms with Crippen LogP contribution in [0.1, 0.15) is 37.3 Å². The average molecular weight is 523 g/mol. The number of hydrogen-bond acceptors (Lipinski definition) is 3. The van der Waals surface area contributed by atoms with Crippen LogP contribution in [0, 0.1) is 17.2 Å². The van der Waals surface area contributed by atoms with Gasteiger partial charge in [-0.25, -0.2) is 4.99 Å². The highest BCUT2D eigenvalue weighted by Crippen LogP contribution is 2.23. The number of nitriles is 1. The van der Waals surface area contributed by atoms with Gasteiger partial charge in [-0.15, -0.1) is 24.0 Å². The van der Waals surface area contributed by atoms with Gasteiger partial charge in [0.15, 0.2) is 5.96 Å². The number of halogens is 4. The molecule has 0 aromatic heterocycles. The molecular weight excluding hydrogens is 494 g/mol. The van der Waals surface area contributed by atoms with E-state index in [0.717, 1.165) is 43.9 Å². The third kappa shape index (κ3) is 10.2. The molecule has 0 radical (unpaired) electrons. The van der Waals surface area contributed by atoms with Crippen molar-refractivity contribution < 1.29 is 13.2 Å². The fourth-order valence-electron chi connectivity index (χ4n) is 3.28. The fourth-order valence-corrected chi connectivity index (χ4v) is 3.28. The molecule has 0 amide bonds. The van der Waals surface area contributed by atoms with Crippen LogP contribution in [0.25, 0.3) is 0 Å². The highest BCUT2D eigenvalue weighted by Gasteiger charge is 2.32. The zero-order valence-corrected chi connectivity index (χ0v) is 19.0. The predicted octanol–water partition coefficient (Wildman–Crippen LogP) is 3.90.